The van der Waals surface area contributed by atoms with Crippen molar-refractivity contribution in [1.29, 1.82) is 0 Å². The lowest BCUT2D eigenvalue weighted by atomic mass is 10.1. The molecular formula is C26H23N7O. The molecule has 6 rings (SSSR count). The number of hydrogen-bond donors (Lipinski definition) is 4. The second-order valence-electron chi connectivity index (χ2n) is 8.43. The number of anilines is 3. The van der Waals surface area contributed by atoms with Gasteiger partial charge in [-0.15, -0.1) is 0 Å². The van der Waals surface area contributed by atoms with Crippen LogP contribution < -0.4 is 16.0 Å². The maximum absolute atomic E-state index is 12.5. The van der Waals surface area contributed by atoms with Crippen LogP contribution in [-0.4, -0.2) is 38.7 Å². The number of H-pyrrole nitrogens is 1. The van der Waals surface area contributed by atoms with Crippen LogP contribution in [0.1, 0.15) is 12.8 Å². The van der Waals surface area contributed by atoms with Crippen molar-refractivity contribution in [2.24, 2.45) is 0 Å². The molecule has 1 fully saturated rings. The van der Waals surface area contributed by atoms with Crippen LogP contribution in [0.15, 0.2) is 72.9 Å². The van der Waals surface area contributed by atoms with Crippen molar-refractivity contribution in [1.82, 2.24) is 25.5 Å². The largest absolute Gasteiger partial charge is 0.340 e. The van der Waals surface area contributed by atoms with Gasteiger partial charge in [-0.25, -0.2) is 9.97 Å². The molecule has 0 spiro atoms. The van der Waals surface area contributed by atoms with Gasteiger partial charge in [0.25, 0.3) is 0 Å². The number of fused-ring (bicyclic) bond motifs is 2. The fourth-order valence-corrected chi connectivity index (χ4v) is 4.33. The van der Waals surface area contributed by atoms with E-state index in [1.54, 1.807) is 6.20 Å². The van der Waals surface area contributed by atoms with Gasteiger partial charge in [0.1, 0.15) is 5.82 Å². The van der Waals surface area contributed by atoms with Crippen molar-refractivity contribution in [3.8, 4) is 11.4 Å². The number of aromatic amines is 1. The van der Waals surface area contributed by atoms with Gasteiger partial charge in [0.05, 0.1) is 23.3 Å². The van der Waals surface area contributed by atoms with Crippen LogP contribution in [0.4, 0.5) is 17.2 Å². The van der Waals surface area contributed by atoms with E-state index in [0.717, 1.165) is 58.1 Å². The SMILES string of the molecule is O=C(Nc1cccc(-c2nc(Nc3ccc4[nH]ncc4c3)c3ccccc3n2)c1)C1CCCN1. The number of aromatic nitrogens is 4. The fraction of sp³-hybridized carbons (Fsp3) is 0.154. The molecule has 0 aliphatic carbocycles. The average Bonchev–Trinajstić information content (AvgIpc) is 3.56. The maximum atomic E-state index is 12.5. The van der Waals surface area contributed by atoms with Crippen molar-refractivity contribution in [2.75, 3.05) is 17.2 Å². The summed E-state index contributed by atoms with van der Waals surface area (Å²) in [5.74, 6) is 1.29. The number of hydrogen-bond acceptors (Lipinski definition) is 6. The van der Waals surface area contributed by atoms with Crippen LogP contribution in [-0.2, 0) is 4.79 Å². The van der Waals surface area contributed by atoms with E-state index in [1.807, 2.05) is 66.7 Å². The van der Waals surface area contributed by atoms with E-state index in [9.17, 15) is 4.79 Å². The van der Waals surface area contributed by atoms with Gasteiger partial charge in [0.2, 0.25) is 5.91 Å². The third-order valence-corrected chi connectivity index (χ3v) is 6.07. The van der Waals surface area contributed by atoms with Gasteiger partial charge in [0.15, 0.2) is 5.82 Å². The predicted octanol–water partition coefficient (Wildman–Crippen LogP) is 4.61. The van der Waals surface area contributed by atoms with E-state index < -0.39 is 0 Å². The first kappa shape index (κ1) is 20.3. The summed E-state index contributed by atoms with van der Waals surface area (Å²) >= 11 is 0. The Bertz CT molecular complexity index is 1500. The molecule has 34 heavy (non-hydrogen) atoms. The highest BCUT2D eigenvalue weighted by Crippen LogP contribution is 2.29. The first-order valence-corrected chi connectivity index (χ1v) is 11.3. The van der Waals surface area contributed by atoms with Crippen LogP contribution >= 0.6 is 0 Å². The van der Waals surface area contributed by atoms with Crippen LogP contribution in [0.5, 0.6) is 0 Å². The zero-order chi connectivity index (χ0) is 22.9. The molecule has 8 nitrogen and oxygen atoms in total. The van der Waals surface area contributed by atoms with Crippen LogP contribution in [0.25, 0.3) is 33.2 Å². The summed E-state index contributed by atoms with van der Waals surface area (Å²) in [4.78, 5) is 22.2. The summed E-state index contributed by atoms with van der Waals surface area (Å²) in [6, 6.07) is 21.5. The number of benzene rings is 3. The third kappa shape index (κ3) is 3.95. The molecule has 1 atom stereocenters. The Hall–Kier alpha value is -4.30. The topological polar surface area (TPSA) is 108 Å². The van der Waals surface area contributed by atoms with Crippen molar-refractivity contribution in [3.63, 3.8) is 0 Å². The molecule has 0 bridgehead atoms. The standard InChI is InChI=1S/C26H23N7O/c34-26(23-9-4-12-27-23)30-18-6-3-5-16(13-18)24-31-22-8-2-1-7-20(22)25(32-24)29-19-10-11-21-17(14-19)15-28-33-21/h1-3,5-8,10-11,13-15,23,27H,4,9,12H2,(H,28,33)(H,30,34)(H,29,31,32). The number of carbonyl (C=O) groups excluding carboxylic acids is 1. The van der Waals surface area contributed by atoms with Gasteiger partial charge in [0, 0.05) is 27.7 Å². The smallest absolute Gasteiger partial charge is 0.241 e. The Balaban J connectivity index is 1.35. The van der Waals surface area contributed by atoms with E-state index in [-0.39, 0.29) is 11.9 Å². The molecule has 5 aromatic rings. The maximum Gasteiger partial charge on any atom is 0.241 e. The Morgan fingerprint density at radius 1 is 0.971 bits per heavy atom. The summed E-state index contributed by atoms with van der Waals surface area (Å²) in [6.45, 7) is 0.881. The van der Waals surface area contributed by atoms with Crippen molar-refractivity contribution in [3.05, 3.63) is 72.9 Å². The summed E-state index contributed by atoms with van der Waals surface area (Å²) < 4.78 is 0. The molecule has 8 heteroatoms. The summed E-state index contributed by atoms with van der Waals surface area (Å²) in [6.07, 6.45) is 3.68. The van der Waals surface area contributed by atoms with Crippen molar-refractivity contribution < 1.29 is 4.79 Å². The van der Waals surface area contributed by atoms with E-state index in [4.69, 9.17) is 9.97 Å². The Morgan fingerprint density at radius 3 is 2.82 bits per heavy atom. The van der Waals surface area contributed by atoms with Gasteiger partial charge in [-0.3, -0.25) is 9.89 Å². The zero-order valence-electron chi connectivity index (χ0n) is 18.4. The third-order valence-electron chi connectivity index (χ3n) is 6.07. The fourth-order valence-electron chi connectivity index (χ4n) is 4.33. The molecular weight excluding hydrogens is 426 g/mol. The molecule has 1 aliphatic heterocycles. The molecule has 3 heterocycles. The lowest BCUT2D eigenvalue weighted by Crippen LogP contribution is -2.35. The number of nitrogens with one attached hydrogen (secondary N) is 4. The molecule has 0 saturated carbocycles. The van der Waals surface area contributed by atoms with Gasteiger partial charge in [-0.05, 0) is 61.9 Å². The number of nitrogens with zero attached hydrogens (tertiary/aromatic N) is 3. The lowest BCUT2D eigenvalue weighted by molar-refractivity contribution is -0.117. The highest BCUT2D eigenvalue weighted by molar-refractivity contribution is 5.96. The molecule has 2 aromatic heterocycles. The van der Waals surface area contributed by atoms with Gasteiger partial charge in [-0.2, -0.15) is 5.10 Å². The van der Waals surface area contributed by atoms with Crippen LogP contribution in [0.3, 0.4) is 0 Å². The highest BCUT2D eigenvalue weighted by atomic mass is 16.2. The molecule has 0 radical (unpaired) electrons. The van der Waals surface area contributed by atoms with Gasteiger partial charge >= 0.3 is 0 Å². The minimum atomic E-state index is -0.135. The number of para-hydroxylation sites is 1. The number of carbonyl (C=O) groups is 1. The van der Waals surface area contributed by atoms with Gasteiger partial charge in [-0.1, -0.05) is 24.3 Å². The van der Waals surface area contributed by atoms with Crippen molar-refractivity contribution >= 4 is 44.9 Å². The summed E-state index contributed by atoms with van der Waals surface area (Å²) in [5.41, 5.74) is 4.28. The Kier molecular flexibility index (Phi) is 5.12. The van der Waals surface area contributed by atoms with Crippen LogP contribution in [0, 0.1) is 0 Å². The Morgan fingerprint density at radius 2 is 1.91 bits per heavy atom. The molecule has 168 valence electrons. The van der Waals surface area contributed by atoms with E-state index in [2.05, 4.69) is 26.1 Å². The second kappa shape index (κ2) is 8.57. The van der Waals surface area contributed by atoms with E-state index in [0.29, 0.717) is 11.6 Å². The molecule has 1 saturated heterocycles. The number of amides is 1. The average molecular weight is 450 g/mol. The minimum absolute atomic E-state index is 0.00826. The minimum Gasteiger partial charge on any atom is -0.340 e. The summed E-state index contributed by atoms with van der Waals surface area (Å²) in [7, 11) is 0. The second-order valence-corrected chi connectivity index (χ2v) is 8.43. The quantitative estimate of drug-likeness (QED) is 0.312. The van der Waals surface area contributed by atoms with Crippen LogP contribution in [0.2, 0.25) is 0 Å². The molecule has 1 aliphatic rings. The normalized spacial score (nSPS) is 15.6. The van der Waals surface area contributed by atoms with E-state index >= 15 is 0 Å². The first-order valence-electron chi connectivity index (χ1n) is 11.3. The molecule has 3 aromatic carbocycles. The molecule has 1 unspecified atom stereocenters. The first-order chi connectivity index (χ1) is 16.7. The predicted molar refractivity (Wildman–Crippen MR) is 134 cm³/mol. The molecule has 4 N–H and O–H groups in total. The number of rotatable bonds is 5. The van der Waals surface area contributed by atoms with E-state index in [1.165, 1.54) is 0 Å². The monoisotopic (exact) mass is 449 g/mol. The highest BCUT2D eigenvalue weighted by Gasteiger charge is 2.22. The Labute approximate surface area is 195 Å². The summed E-state index contributed by atoms with van der Waals surface area (Å²) in [5, 5.41) is 18.7. The zero-order valence-corrected chi connectivity index (χ0v) is 18.4. The molecule has 1 amide bonds. The van der Waals surface area contributed by atoms with Gasteiger partial charge < -0.3 is 16.0 Å². The lowest BCUT2D eigenvalue weighted by Gasteiger charge is -2.13. The van der Waals surface area contributed by atoms with Crippen molar-refractivity contribution in [2.45, 2.75) is 18.9 Å².